The van der Waals surface area contributed by atoms with Crippen LogP contribution in [-0.2, 0) is 0 Å². The molecule has 62 valence electrons. The maximum absolute atomic E-state index is 2.34. The highest BCUT2D eigenvalue weighted by Crippen LogP contribution is 2.32. The van der Waals surface area contributed by atoms with E-state index in [0.717, 1.165) is 17.8 Å². The van der Waals surface area contributed by atoms with E-state index in [4.69, 9.17) is 0 Å². The average molecular weight is 150 g/mol. The van der Waals surface area contributed by atoms with Crippen molar-refractivity contribution in [2.75, 3.05) is 0 Å². The van der Waals surface area contributed by atoms with Crippen molar-refractivity contribution in [2.24, 2.45) is 17.8 Å². The Hall–Kier alpha value is -0.520. The molecule has 0 fully saturated rings. The van der Waals surface area contributed by atoms with Gasteiger partial charge in [0.05, 0.1) is 0 Å². The predicted molar refractivity (Wildman–Crippen MR) is 50.4 cm³/mol. The largest absolute Gasteiger partial charge is 0.0842 e. The van der Waals surface area contributed by atoms with Gasteiger partial charge in [-0.05, 0) is 30.3 Å². The van der Waals surface area contributed by atoms with Gasteiger partial charge in [0.25, 0.3) is 0 Å². The quantitative estimate of drug-likeness (QED) is 0.496. The molecule has 0 bridgehead atoms. The molecule has 0 heteroatoms. The van der Waals surface area contributed by atoms with Gasteiger partial charge in [0, 0.05) is 0 Å². The van der Waals surface area contributed by atoms with Crippen LogP contribution >= 0.6 is 0 Å². The molecule has 0 unspecified atom stereocenters. The van der Waals surface area contributed by atoms with Gasteiger partial charge in [0.15, 0.2) is 0 Å². The molecule has 0 aliphatic heterocycles. The first kappa shape index (κ1) is 8.58. The van der Waals surface area contributed by atoms with Crippen LogP contribution in [0, 0.1) is 17.8 Å². The Bertz CT molecular complexity index is 186. The molecule has 0 aromatic rings. The van der Waals surface area contributed by atoms with Crippen LogP contribution < -0.4 is 0 Å². The molecule has 0 heterocycles. The first-order valence-corrected chi connectivity index (χ1v) is 4.51. The minimum atomic E-state index is 0.736. The minimum absolute atomic E-state index is 0.736. The van der Waals surface area contributed by atoms with Gasteiger partial charge in [-0.1, -0.05) is 39.0 Å². The first-order valence-electron chi connectivity index (χ1n) is 4.51. The molecule has 1 aliphatic rings. The van der Waals surface area contributed by atoms with E-state index < -0.39 is 0 Å². The van der Waals surface area contributed by atoms with E-state index in [1.165, 1.54) is 5.57 Å². The van der Waals surface area contributed by atoms with Crippen molar-refractivity contribution in [2.45, 2.75) is 27.7 Å². The fourth-order valence-corrected chi connectivity index (χ4v) is 1.71. The summed E-state index contributed by atoms with van der Waals surface area (Å²) in [5.74, 6) is 2.28. The molecule has 0 N–H and O–H groups in total. The molecule has 0 radical (unpaired) electrons. The number of hydrogen-bond acceptors (Lipinski definition) is 0. The highest BCUT2D eigenvalue weighted by Gasteiger charge is 2.22. The Morgan fingerprint density at radius 2 is 1.91 bits per heavy atom. The number of rotatable bonds is 0. The lowest BCUT2D eigenvalue weighted by molar-refractivity contribution is 0.350. The van der Waals surface area contributed by atoms with E-state index in [0.29, 0.717) is 0 Å². The highest BCUT2D eigenvalue weighted by molar-refractivity contribution is 5.25. The summed E-state index contributed by atoms with van der Waals surface area (Å²) in [5, 5.41) is 0. The molecule has 0 aromatic heterocycles. The van der Waals surface area contributed by atoms with Crippen molar-refractivity contribution >= 4 is 0 Å². The summed E-state index contributed by atoms with van der Waals surface area (Å²) >= 11 is 0. The van der Waals surface area contributed by atoms with E-state index >= 15 is 0 Å². The Kier molecular flexibility index (Phi) is 2.53. The van der Waals surface area contributed by atoms with E-state index in [1.54, 1.807) is 0 Å². The van der Waals surface area contributed by atoms with Crippen LogP contribution in [0.3, 0.4) is 0 Å². The van der Waals surface area contributed by atoms with E-state index in [-0.39, 0.29) is 0 Å². The minimum Gasteiger partial charge on any atom is -0.0842 e. The summed E-state index contributed by atoms with van der Waals surface area (Å²) in [5.41, 5.74) is 1.50. The van der Waals surface area contributed by atoms with E-state index in [2.05, 4.69) is 45.9 Å². The summed E-state index contributed by atoms with van der Waals surface area (Å²) in [6, 6.07) is 0. The third-order valence-corrected chi connectivity index (χ3v) is 3.07. The maximum Gasteiger partial charge on any atom is -0.0163 e. The Morgan fingerprint density at radius 3 is 2.45 bits per heavy atom. The summed E-state index contributed by atoms with van der Waals surface area (Å²) in [4.78, 5) is 0. The monoisotopic (exact) mass is 150 g/mol. The van der Waals surface area contributed by atoms with Crippen LogP contribution in [0.5, 0.6) is 0 Å². The summed E-state index contributed by atoms with van der Waals surface area (Å²) in [6.45, 7) is 9.07. The normalized spacial score (nSPS) is 41.5. The van der Waals surface area contributed by atoms with Gasteiger partial charge in [-0.25, -0.2) is 0 Å². The van der Waals surface area contributed by atoms with Crippen molar-refractivity contribution in [1.29, 1.82) is 0 Å². The van der Waals surface area contributed by atoms with Crippen molar-refractivity contribution < 1.29 is 0 Å². The molecule has 3 atom stereocenters. The molecular formula is C11H18. The Balaban J connectivity index is 2.85. The van der Waals surface area contributed by atoms with Gasteiger partial charge >= 0.3 is 0 Å². The van der Waals surface area contributed by atoms with Gasteiger partial charge in [0.1, 0.15) is 0 Å². The molecule has 1 rings (SSSR count). The molecule has 0 saturated heterocycles. The van der Waals surface area contributed by atoms with Crippen molar-refractivity contribution in [3.63, 3.8) is 0 Å². The smallest absolute Gasteiger partial charge is 0.0163 e. The van der Waals surface area contributed by atoms with Gasteiger partial charge < -0.3 is 0 Å². The lowest BCUT2D eigenvalue weighted by Crippen LogP contribution is -2.19. The van der Waals surface area contributed by atoms with Crippen LogP contribution in [0.2, 0.25) is 0 Å². The molecule has 11 heavy (non-hydrogen) atoms. The Labute approximate surface area is 70.0 Å². The van der Waals surface area contributed by atoms with Crippen molar-refractivity contribution in [3.05, 3.63) is 23.8 Å². The zero-order chi connectivity index (χ0) is 8.43. The summed E-state index contributed by atoms with van der Waals surface area (Å²) < 4.78 is 0. The summed E-state index contributed by atoms with van der Waals surface area (Å²) in [7, 11) is 0. The molecule has 0 saturated carbocycles. The van der Waals surface area contributed by atoms with E-state index in [1.807, 2.05) is 0 Å². The maximum atomic E-state index is 2.34. The number of allylic oxidation sites excluding steroid dienone is 4. The lowest BCUT2D eigenvalue weighted by Gasteiger charge is -2.29. The zero-order valence-corrected chi connectivity index (χ0v) is 7.96. The third kappa shape index (κ3) is 1.55. The molecule has 0 nitrogen and oxygen atoms in total. The van der Waals surface area contributed by atoms with E-state index in [9.17, 15) is 0 Å². The summed E-state index contributed by atoms with van der Waals surface area (Å²) in [6.07, 6.45) is 6.82. The van der Waals surface area contributed by atoms with Crippen LogP contribution in [0.15, 0.2) is 23.8 Å². The second-order valence-corrected chi connectivity index (χ2v) is 3.65. The molecule has 0 aromatic carbocycles. The second kappa shape index (κ2) is 3.25. The van der Waals surface area contributed by atoms with Gasteiger partial charge in [0.2, 0.25) is 0 Å². The fraction of sp³-hybridized carbons (Fsp3) is 0.636. The zero-order valence-electron chi connectivity index (χ0n) is 7.96. The standard InChI is InChI=1S/C11H18/c1-5-11-7-6-8(2)9(3)10(11)4/h5-10H,1-4H3/t8-,9+,10-/m0/s1. The first-order chi connectivity index (χ1) is 5.16. The van der Waals surface area contributed by atoms with Crippen LogP contribution in [0.1, 0.15) is 27.7 Å². The highest BCUT2D eigenvalue weighted by atomic mass is 14.3. The van der Waals surface area contributed by atoms with Gasteiger partial charge in [-0.3, -0.25) is 0 Å². The Morgan fingerprint density at radius 1 is 1.27 bits per heavy atom. The van der Waals surface area contributed by atoms with Crippen molar-refractivity contribution in [1.82, 2.24) is 0 Å². The fourth-order valence-electron chi connectivity index (χ4n) is 1.71. The molecular weight excluding hydrogens is 132 g/mol. The molecule has 1 aliphatic carbocycles. The average Bonchev–Trinajstić information content (AvgIpc) is 2.01. The van der Waals surface area contributed by atoms with Gasteiger partial charge in [-0.2, -0.15) is 0 Å². The van der Waals surface area contributed by atoms with Gasteiger partial charge in [-0.15, -0.1) is 0 Å². The second-order valence-electron chi connectivity index (χ2n) is 3.65. The molecule has 0 spiro atoms. The van der Waals surface area contributed by atoms with Crippen LogP contribution in [0.4, 0.5) is 0 Å². The van der Waals surface area contributed by atoms with Crippen LogP contribution in [0.25, 0.3) is 0 Å². The third-order valence-electron chi connectivity index (χ3n) is 3.07. The predicted octanol–water partition coefficient (Wildman–Crippen LogP) is 3.41. The van der Waals surface area contributed by atoms with Crippen molar-refractivity contribution in [3.8, 4) is 0 Å². The SMILES string of the molecule is CC=C1C=C[C@H](C)[C@@H](C)[C@@H]1C. The van der Waals surface area contributed by atoms with Crippen LogP contribution in [-0.4, -0.2) is 0 Å². The topological polar surface area (TPSA) is 0 Å². The molecule has 0 amide bonds. The number of hydrogen-bond donors (Lipinski definition) is 0. The lowest BCUT2D eigenvalue weighted by atomic mass is 9.76.